The third-order valence-electron chi connectivity index (χ3n) is 4.48. The molecular formula is C21H28N6O2. The predicted octanol–water partition coefficient (Wildman–Crippen LogP) is 3.20. The first-order valence-corrected chi connectivity index (χ1v) is 9.96. The van der Waals surface area contributed by atoms with E-state index in [-0.39, 0.29) is 0 Å². The molecule has 0 fully saturated rings. The molecule has 0 aliphatic heterocycles. The van der Waals surface area contributed by atoms with Crippen molar-refractivity contribution in [2.24, 2.45) is 4.99 Å². The number of aromatic nitrogens is 3. The highest BCUT2D eigenvalue weighted by Gasteiger charge is 2.08. The summed E-state index contributed by atoms with van der Waals surface area (Å²) >= 11 is 0. The maximum atomic E-state index is 5.58. The number of hydrogen-bond acceptors (Lipinski definition) is 6. The number of nitrogens with zero attached hydrogens (tertiary/aromatic N) is 4. The molecule has 0 saturated carbocycles. The van der Waals surface area contributed by atoms with Crippen LogP contribution >= 0.6 is 0 Å². The summed E-state index contributed by atoms with van der Waals surface area (Å²) in [6.07, 6.45) is 1.63. The summed E-state index contributed by atoms with van der Waals surface area (Å²) in [5, 5.41) is 10.5. The number of nitrogens with one attached hydrogen (secondary N) is 2. The smallest absolute Gasteiger partial charge is 0.257 e. The molecule has 0 bridgehead atoms. The highest BCUT2D eigenvalue weighted by atomic mass is 16.5. The van der Waals surface area contributed by atoms with E-state index in [0.717, 1.165) is 54.7 Å². The molecule has 0 aliphatic carbocycles. The van der Waals surface area contributed by atoms with Crippen LogP contribution < -0.4 is 10.6 Å². The Bertz CT molecular complexity index is 923. The molecule has 3 aromatic rings. The van der Waals surface area contributed by atoms with Gasteiger partial charge >= 0.3 is 0 Å². The van der Waals surface area contributed by atoms with Gasteiger partial charge in [0.1, 0.15) is 12.3 Å². The monoisotopic (exact) mass is 396 g/mol. The summed E-state index contributed by atoms with van der Waals surface area (Å²) in [6.45, 7) is 9.83. The number of aliphatic imine (C=N–C) groups is 1. The van der Waals surface area contributed by atoms with E-state index in [4.69, 9.17) is 8.94 Å². The van der Waals surface area contributed by atoms with Crippen LogP contribution in [0.5, 0.6) is 0 Å². The molecule has 0 radical (unpaired) electrons. The Kier molecular flexibility index (Phi) is 6.99. The van der Waals surface area contributed by atoms with Gasteiger partial charge in [-0.05, 0) is 44.9 Å². The number of hydrogen-bond donors (Lipinski definition) is 2. The zero-order valence-electron chi connectivity index (χ0n) is 17.5. The van der Waals surface area contributed by atoms with Crippen LogP contribution in [0.1, 0.15) is 42.6 Å². The van der Waals surface area contributed by atoms with E-state index in [1.807, 2.05) is 39.8 Å². The van der Waals surface area contributed by atoms with Crippen molar-refractivity contribution in [3.63, 3.8) is 0 Å². The molecule has 1 aromatic carbocycles. The average Bonchev–Trinajstić information content (AvgIpc) is 3.33. The van der Waals surface area contributed by atoms with Crippen LogP contribution in [0, 0.1) is 13.8 Å². The summed E-state index contributed by atoms with van der Waals surface area (Å²) in [4.78, 5) is 13.3. The molecule has 2 aromatic heterocycles. The molecular weight excluding hydrogens is 368 g/mol. The molecule has 8 heteroatoms. The van der Waals surface area contributed by atoms with Crippen molar-refractivity contribution in [1.82, 2.24) is 25.8 Å². The highest BCUT2D eigenvalue weighted by Crippen LogP contribution is 2.18. The zero-order chi connectivity index (χ0) is 20.6. The lowest BCUT2D eigenvalue weighted by molar-refractivity contribution is 0.423. The normalized spacial score (nSPS) is 11.7. The zero-order valence-corrected chi connectivity index (χ0v) is 17.5. The minimum atomic E-state index is 0.405. The second kappa shape index (κ2) is 9.86. The summed E-state index contributed by atoms with van der Waals surface area (Å²) in [5.41, 5.74) is 3.05. The van der Waals surface area contributed by atoms with Gasteiger partial charge in [-0.15, -0.1) is 0 Å². The van der Waals surface area contributed by atoms with Gasteiger partial charge in [-0.25, -0.2) is 9.98 Å². The minimum absolute atomic E-state index is 0.405. The predicted molar refractivity (Wildman–Crippen MR) is 112 cm³/mol. The van der Waals surface area contributed by atoms with E-state index < -0.39 is 0 Å². The van der Waals surface area contributed by atoms with Crippen LogP contribution in [-0.4, -0.2) is 34.2 Å². The molecule has 0 aliphatic rings. The van der Waals surface area contributed by atoms with Gasteiger partial charge < -0.3 is 19.6 Å². The lowest BCUT2D eigenvalue weighted by atomic mass is 10.1. The maximum Gasteiger partial charge on any atom is 0.257 e. The van der Waals surface area contributed by atoms with Gasteiger partial charge in [0.25, 0.3) is 5.89 Å². The fraction of sp³-hybridized carbons (Fsp3) is 0.429. The Morgan fingerprint density at radius 3 is 2.48 bits per heavy atom. The van der Waals surface area contributed by atoms with Crippen LogP contribution in [0.2, 0.25) is 0 Å². The third kappa shape index (κ3) is 5.66. The fourth-order valence-corrected chi connectivity index (χ4v) is 2.75. The quantitative estimate of drug-likeness (QED) is 0.445. The second-order valence-corrected chi connectivity index (χ2v) is 6.69. The Morgan fingerprint density at radius 2 is 1.86 bits per heavy atom. The first-order valence-electron chi connectivity index (χ1n) is 9.96. The maximum absolute atomic E-state index is 5.58. The number of aryl methyl sites for hydroxylation is 3. The van der Waals surface area contributed by atoms with Gasteiger partial charge in [-0.2, -0.15) is 4.98 Å². The van der Waals surface area contributed by atoms with Crippen LogP contribution in [-0.2, 0) is 19.4 Å². The van der Waals surface area contributed by atoms with Gasteiger partial charge in [-0.1, -0.05) is 24.2 Å². The second-order valence-electron chi connectivity index (χ2n) is 6.69. The van der Waals surface area contributed by atoms with Gasteiger partial charge in [0.05, 0.1) is 5.69 Å². The van der Waals surface area contributed by atoms with E-state index in [1.54, 1.807) is 0 Å². The van der Waals surface area contributed by atoms with E-state index in [1.165, 1.54) is 5.56 Å². The van der Waals surface area contributed by atoms with Crippen LogP contribution in [0.15, 0.2) is 38.2 Å². The van der Waals surface area contributed by atoms with Crippen molar-refractivity contribution in [1.29, 1.82) is 0 Å². The summed E-state index contributed by atoms with van der Waals surface area (Å²) < 4.78 is 10.9. The van der Waals surface area contributed by atoms with Crippen LogP contribution in [0.25, 0.3) is 11.5 Å². The lowest BCUT2D eigenvalue weighted by Gasteiger charge is -2.11. The highest BCUT2D eigenvalue weighted by molar-refractivity contribution is 5.79. The van der Waals surface area contributed by atoms with E-state index in [0.29, 0.717) is 18.3 Å². The lowest BCUT2D eigenvalue weighted by Crippen LogP contribution is -2.38. The van der Waals surface area contributed by atoms with Crippen molar-refractivity contribution < 1.29 is 8.94 Å². The molecule has 0 unspecified atom stereocenters. The molecule has 0 atom stereocenters. The van der Waals surface area contributed by atoms with E-state index in [9.17, 15) is 0 Å². The van der Waals surface area contributed by atoms with Crippen molar-refractivity contribution >= 4 is 5.96 Å². The molecule has 3 rings (SSSR count). The molecule has 8 nitrogen and oxygen atoms in total. The summed E-state index contributed by atoms with van der Waals surface area (Å²) in [5.74, 6) is 3.49. The molecule has 0 amide bonds. The molecule has 154 valence electrons. The van der Waals surface area contributed by atoms with Gasteiger partial charge in [0.15, 0.2) is 11.8 Å². The van der Waals surface area contributed by atoms with Gasteiger partial charge in [0.2, 0.25) is 5.89 Å². The largest absolute Gasteiger partial charge is 0.444 e. The molecule has 0 spiro atoms. The van der Waals surface area contributed by atoms with Crippen molar-refractivity contribution in [3.8, 4) is 11.5 Å². The van der Waals surface area contributed by atoms with Crippen LogP contribution in [0.3, 0.4) is 0 Å². The Labute approximate surface area is 170 Å². The van der Waals surface area contributed by atoms with Crippen molar-refractivity contribution in [2.75, 3.05) is 13.1 Å². The van der Waals surface area contributed by atoms with Gasteiger partial charge in [-0.3, -0.25) is 0 Å². The van der Waals surface area contributed by atoms with E-state index in [2.05, 4.69) is 42.9 Å². The molecule has 0 saturated heterocycles. The van der Waals surface area contributed by atoms with Crippen LogP contribution in [0.4, 0.5) is 0 Å². The number of oxazole rings is 1. The summed E-state index contributed by atoms with van der Waals surface area (Å²) in [7, 11) is 0. The summed E-state index contributed by atoms with van der Waals surface area (Å²) in [6, 6.07) is 8.17. The average molecular weight is 396 g/mol. The Morgan fingerprint density at radius 1 is 1.07 bits per heavy atom. The van der Waals surface area contributed by atoms with Gasteiger partial charge in [0, 0.05) is 25.1 Å². The van der Waals surface area contributed by atoms with E-state index >= 15 is 0 Å². The SMILES string of the molecule is CCNC(=NCc1nc(C)c(C)o1)NCCc1ccc(-c2nc(CC)no2)cc1. The number of guanidine groups is 1. The molecule has 2 heterocycles. The Balaban J connectivity index is 1.53. The first kappa shape index (κ1) is 20.6. The Hall–Kier alpha value is -3.16. The number of rotatable bonds is 8. The number of benzene rings is 1. The first-order chi connectivity index (χ1) is 14.1. The molecule has 2 N–H and O–H groups in total. The standard InChI is InChI=1S/C21H28N6O2/c1-5-18-26-20(29-27-18)17-9-7-16(8-10-17)11-12-23-21(22-6-2)24-13-19-25-14(3)15(4)28-19/h7-10H,5-6,11-13H2,1-4H3,(H2,22,23,24). The fourth-order valence-electron chi connectivity index (χ4n) is 2.75. The van der Waals surface area contributed by atoms with Crippen molar-refractivity contribution in [3.05, 3.63) is 53.0 Å². The third-order valence-corrected chi connectivity index (χ3v) is 4.48. The molecule has 29 heavy (non-hydrogen) atoms. The topological polar surface area (TPSA) is 101 Å². The minimum Gasteiger partial charge on any atom is -0.444 e. The van der Waals surface area contributed by atoms with Crippen molar-refractivity contribution in [2.45, 2.75) is 47.1 Å².